The number of fused-ring (bicyclic) bond motifs is 1. The number of carbonyl (C=O) groups excluding carboxylic acids is 1. The zero-order chi connectivity index (χ0) is 26.1. The van der Waals surface area contributed by atoms with Crippen LogP contribution in [0.15, 0.2) is 79.0 Å². The molecule has 1 atom stereocenters. The number of para-hydroxylation sites is 1. The molecule has 36 heavy (non-hydrogen) atoms. The molecule has 11 heteroatoms. The van der Waals surface area contributed by atoms with Crippen LogP contribution in [-0.4, -0.2) is 31.7 Å². The predicted molar refractivity (Wildman–Crippen MR) is 129 cm³/mol. The Kier molecular flexibility index (Phi) is 6.68. The van der Waals surface area contributed by atoms with Crippen LogP contribution >= 0.6 is 0 Å². The lowest BCUT2D eigenvalue weighted by molar-refractivity contribution is -0.274. The Morgan fingerprint density at radius 3 is 2.44 bits per heavy atom. The molecule has 0 aliphatic rings. The summed E-state index contributed by atoms with van der Waals surface area (Å²) in [7, 11) is -3.51. The van der Waals surface area contributed by atoms with Crippen LogP contribution in [0.5, 0.6) is 5.75 Å². The summed E-state index contributed by atoms with van der Waals surface area (Å²) in [5, 5.41) is 0.534. The number of hydrogen-bond donors (Lipinski definition) is 1. The Labute approximate surface area is 205 Å². The molecular weight excluding hydrogens is 497 g/mol. The average molecular weight is 519 g/mol. The molecule has 7 nitrogen and oxygen atoms in total. The fourth-order valence-electron chi connectivity index (χ4n) is 3.72. The van der Waals surface area contributed by atoms with Crippen LogP contribution in [0.1, 0.15) is 18.4 Å². The first-order valence-corrected chi connectivity index (χ1v) is 12.6. The van der Waals surface area contributed by atoms with Crippen molar-refractivity contribution in [3.05, 3.63) is 84.6 Å². The molecule has 0 saturated heterocycles. The number of nitrogens with zero attached hydrogens (tertiary/aromatic N) is 1. The molecule has 0 bridgehead atoms. The second-order valence-electron chi connectivity index (χ2n) is 8.06. The molecule has 0 radical (unpaired) electrons. The van der Waals surface area contributed by atoms with E-state index in [0.717, 1.165) is 6.26 Å². The van der Waals surface area contributed by atoms with E-state index in [1.54, 1.807) is 61.5 Å². The van der Waals surface area contributed by atoms with Crippen LogP contribution < -0.4 is 14.3 Å². The van der Waals surface area contributed by atoms with E-state index >= 15 is 0 Å². The minimum atomic E-state index is -4.85. The quantitative estimate of drug-likeness (QED) is 0.357. The van der Waals surface area contributed by atoms with Gasteiger partial charge in [-0.1, -0.05) is 48.5 Å². The zero-order valence-electron chi connectivity index (χ0n) is 19.1. The molecule has 1 N–H and O–H groups in total. The number of rotatable bonds is 7. The van der Waals surface area contributed by atoms with Gasteiger partial charge in [0.1, 0.15) is 5.75 Å². The number of ether oxygens (including phenoxy) is 1. The van der Waals surface area contributed by atoms with Crippen LogP contribution in [0.4, 0.5) is 18.9 Å². The first-order chi connectivity index (χ1) is 16.9. The van der Waals surface area contributed by atoms with Gasteiger partial charge in [0.25, 0.3) is 0 Å². The van der Waals surface area contributed by atoms with E-state index in [1.807, 2.05) is 0 Å². The molecule has 188 valence electrons. The third-order valence-corrected chi connectivity index (χ3v) is 5.94. The molecule has 1 unspecified atom stereocenters. The van der Waals surface area contributed by atoms with Crippen molar-refractivity contribution in [2.24, 2.45) is 0 Å². The number of nitrogens with one attached hydrogen (secondary N) is 1. The van der Waals surface area contributed by atoms with Gasteiger partial charge in [0, 0.05) is 17.1 Å². The van der Waals surface area contributed by atoms with Crippen molar-refractivity contribution < 1.29 is 36.0 Å². The first kappa shape index (κ1) is 25.1. The molecule has 0 aliphatic carbocycles. The summed E-state index contributed by atoms with van der Waals surface area (Å²) in [6, 6.07) is 18.8. The summed E-state index contributed by atoms with van der Waals surface area (Å²) in [6.45, 7) is 1.61. The Balaban J connectivity index is 1.58. The maximum absolute atomic E-state index is 12.9. The molecule has 4 aromatic rings. The topological polar surface area (TPSA) is 86.6 Å². The van der Waals surface area contributed by atoms with Gasteiger partial charge in [-0.25, -0.2) is 13.2 Å². The molecule has 4 rings (SSSR count). The van der Waals surface area contributed by atoms with E-state index in [0.29, 0.717) is 27.7 Å². The van der Waals surface area contributed by atoms with Crippen LogP contribution in [0.2, 0.25) is 0 Å². The normalized spacial score (nSPS) is 12.8. The third kappa shape index (κ3) is 5.80. The lowest BCUT2D eigenvalue weighted by Gasteiger charge is -2.16. The van der Waals surface area contributed by atoms with Crippen molar-refractivity contribution in [3.8, 4) is 16.9 Å². The van der Waals surface area contributed by atoms with Gasteiger partial charge in [-0.3, -0.25) is 4.72 Å². The fraction of sp³-hybridized carbons (Fsp3) is 0.160. The maximum atomic E-state index is 12.9. The monoisotopic (exact) mass is 518 g/mol. The second-order valence-corrected chi connectivity index (χ2v) is 9.80. The summed E-state index contributed by atoms with van der Waals surface area (Å²) in [4.78, 5) is 18.5. The number of carbonyl (C=O) groups is 1. The van der Waals surface area contributed by atoms with Crippen LogP contribution in [0.3, 0.4) is 0 Å². The lowest BCUT2D eigenvalue weighted by Crippen LogP contribution is -2.24. The van der Waals surface area contributed by atoms with E-state index < -0.39 is 28.3 Å². The summed E-state index contributed by atoms with van der Waals surface area (Å²) >= 11 is 0. The molecule has 0 fully saturated rings. The van der Waals surface area contributed by atoms with Gasteiger partial charge in [0.05, 0.1) is 23.4 Å². The highest BCUT2D eigenvalue weighted by atomic mass is 32.2. The van der Waals surface area contributed by atoms with Gasteiger partial charge in [-0.05, 0) is 42.3 Å². The van der Waals surface area contributed by atoms with Crippen molar-refractivity contribution in [2.45, 2.75) is 19.2 Å². The third-order valence-electron chi connectivity index (χ3n) is 5.34. The van der Waals surface area contributed by atoms with Gasteiger partial charge >= 0.3 is 12.3 Å². The number of sulfonamides is 1. The highest BCUT2D eigenvalue weighted by Crippen LogP contribution is 2.35. The Morgan fingerprint density at radius 1 is 1.00 bits per heavy atom. The largest absolute Gasteiger partial charge is 0.573 e. The van der Waals surface area contributed by atoms with Crippen LogP contribution in [0, 0.1) is 0 Å². The van der Waals surface area contributed by atoms with Crippen molar-refractivity contribution in [2.75, 3.05) is 11.0 Å². The number of halogens is 3. The van der Waals surface area contributed by atoms with Gasteiger partial charge < -0.3 is 9.57 Å². The van der Waals surface area contributed by atoms with Gasteiger partial charge in [0.2, 0.25) is 10.0 Å². The van der Waals surface area contributed by atoms with E-state index in [9.17, 15) is 26.4 Å². The van der Waals surface area contributed by atoms with Gasteiger partial charge in [0.15, 0.2) is 0 Å². The number of benzene rings is 3. The van der Waals surface area contributed by atoms with Gasteiger partial charge in [-0.15, -0.1) is 13.2 Å². The number of anilines is 1. The highest BCUT2D eigenvalue weighted by Gasteiger charge is 2.32. The smallest absolute Gasteiger partial charge is 0.405 e. The average Bonchev–Trinajstić information content (AvgIpc) is 3.21. The summed E-state index contributed by atoms with van der Waals surface area (Å²) < 4.78 is 69.5. The molecule has 0 saturated carbocycles. The summed E-state index contributed by atoms with van der Waals surface area (Å²) in [5.41, 5.74) is 1.99. The van der Waals surface area contributed by atoms with Crippen LogP contribution in [-0.2, 0) is 14.8 Å². The molecule has 1 aromatic heterocycles. The van der Waals surface area contributed by atoms with Crippen molar-refractivity contribution in [3.63, 3.8) is 0 Å². The molecule has 0 spiro atoms. The standard InChI is InChI=1S/C25H21F3N2O5S/c1-16(17-7-5-8-18(15-17)19-9-3-4-12-23(19)34-25(26,27)28)24(31)35-30-14-13-20-21(29-36(2,32)33)10-6-11-22(20)30/h3-16,29H,1-2H3. The van der Waals surface area contributed by atoms with Gasteiger partial charge in [-0.2, -0.15) is 4.73 Å². The Morgan fingerprint density at radius 2 is 1.72 bits per heavy atom. The molecule has 3 aromatic carbocycles. The predicted octanol–water partition coefficient (Wildman–Crippen LogP) is 5.34. The maximum Gasteiger partial charge on any atom is 0.573 e. The highest BCUT2D eigenvalue weighted by molar-refractivity contribution is 7.92. The summed E-state index contributed by atoms with van der Waals surface area (Å²) in [5.74, 6) is -1.74. The van der Waals surface area contributed by atoms with Crippen molar-refractivity contribution in [1.82, 2.24) is 4.73 Å². The van der Waals surface area contributed by atoms with Crippen molar-refractivity contribution >= 4 is 32.6 Å². The fourth-order valence-corrected chi connectivity index (χ4v) is 4.30. The van der Waals surface area contributed by atoms with Crippen LogP contribution in [0.25, 0.3) is 22.0 Å². The second kappa shape index (κ2) is 9.57. The Hall–Kier alpha value is -3.99. The minimum absolute atomic E-state index is 0.222. The number of hydrogen-bond acceptors (Lipinski definition) is 5. The zero-order valence-corrected chi connectivity index (χ0v) is 19.9. The number of aromatic nitrogens is 1. The molecule has 0 amide bonds. The Bertz CT molecular complexity index is 1530. The molecule has 1 heterocycles. The molecular formula is C25H21F3N2O5S. The first-order valence-electron chi connectivity index (χ1n) is 10.7. The number of alkyl halides is 3. The van der Waals surface area contributed by atoms with E-state index in [-0.39, 0.29) is 11.3 Å². The minimum Gasteiger partial charge on any atom is -0.405 e. The van der Waals surface area contributed by atoms with E-state index in [4.69, 9.17) is 4.84 Å². The van der Waals surface area contributed by atoms with E-state index in [2.05, 4.69) is 9.46 Å². The molecule has 0 aliphatic heterocycles. The SMILES string of the molecule is CC(C(=O)On1ccc2c(NS(C)(=O)=O)cccc21)c1cccc(-c2ccccc2OC(F)(F)F)c1. The summed E-state index contributed by atoms with van der Waals surface area (Å²) in [6.07, 6.45) is -2.32. The lowest BCUT2D eigenvalue weighted by atomic mass is 9.96. The van der Waals surface area contributed by atoms with E-state index in [1.165, 1.54) is 29.1 Å². The van der Waals surface area contributed by atoms with Crippen molar-refractivity contribution in [1.29, 1.82) is 0 Å².